The molecule has 2 rings (SSSR count). The molecule has 1 aliphatic rings. The fraction of sp³-hybridized carbons (Fsp3) is 0.500. The van der Waals surface area contributed by atoms with Crippen LogP contribution in [0.15, 0.2) is 18.2 Å². The van der Waals surface area contributed by atoms with Crippen LogP contribution in [-0.2, 0) is 11.3 Å². The highest BCUT2D eigenvalue weighted by atomic mass is 19.1. The number of hydrogen-bond acceptors (Lipinski definition) is 3. The molecule has 0 saturated carbocycles. The zero-order valence-electron chi connectivity index (χ0n) is 11.3. The number of aliphatic hydroxyl groups excluding tert-OH is 1. The number of halogens is 2. The highest BCUT2D eigenvalue weighted by Gasteiger charge is 2.31. The summed E-state index contributed by atoms with van der Waals surface area (Å²) in [5, 5.41) is 12.3. The lowest BCUT2D eigenvalue weighted by Gasteiger charge is -2.24. The first kappa shape index (κ1) is 14.9. The predicted molar refractivity (Wildman–Crippen MR) is 69.9 cm³/mol. The molecule has 0 aliphatic carbocycles. The maximum Gasteiger partial charge on any atom is 0.240 e. The molecule has 1 aromatic carbocycles. The Balaban J connectivity index is 2.11. The molecule has 1 amide bonds. The van der Waals surface area contributed by atoms with Gasteiger partial charge >= 0.3 is 0 Å². The molecule has 1 aromatic rings. The van der Waals surface area contributed by atoms with E-state index in [1.165, 1.54) is 23.1 Å². The van der Waals surface area contributed by atoms with Crippen molar-refractivity contribution in [3.63, 3.8) is 0 Å². The molecule has 1 saturated heterocycles. The minimum atomic E-state index is -0.657. The van der Waals surface area contributed by atoms with Crippen LogP contribution in [0.3, 0.4) is 0 Å². The second-order valence-corrected chi connectivity index (χ2v) is 4.90. The molecular weight excluding hydrogens is 266 g/mol. The third-order valence-corrected chi connectivity index (χ3v) is 3.51. The molecule has 20 heavy (non-hydrogen) atoms. The number of rotatable bonds is 4. The number of β-amino-alcohol motifs (C(OH)–C–C–N with tert-alkyl or cyclic N) is 1. The van der Waals surface area contributed by atoms with Crippen LogP contribution >= 0.6 is 0 Å². The lowest BCUT2D eigenvalue weighted by Crippen LogP contribution is -2.43. The SMILES string of the molecule is CCN(Cc1c(F)cccc1F)C(=O)C1CC(O)CN1. The maximum absolute atomic E-state index is 13.6. The first-order chi connectivity index (χ1) is 9.52. The first-order valence-corrected chi connectivity index (χ1v) is 6.66. The van der Waals surface area contributed by atoms with Gasteiger partial charge in [0.25, 0.3) is 0 Å². The number of amides is 1. The van der Waals surface area contributed by atoms with Gasteiger partial charge in [-0.25, -0.2) is 8.78 Å². The molecule has 4 nitrogen and oxygen atoms in total. The lowest BCUT2D eigenvalue weighted by molar-refractivity contribution is -0.133. The summed E-state index contributed by atoms with van der Waals surface area (Å²) in [7, 11) is 0. The molecule has 2 atom stereocenters. The Labute approximate surface area is 116 Å². The molecule has 0 spiro atoms. The highest BCUT2D eigenvalue weighted by Crippen LogP contribution is 2.17. The van der Waals surface area contributed by atoms with E-state index in [4.69, 9.17) is 0 Å². The summed E-state index contributed by atoms with van der Waals surface area (Å²) in [6.45, 7) is 2.35. The van der Waals surface area contributed by atoms with Crippen LogP contribution in [0.25, 0.3) is 0 Å². The van der Waals surface area contributed by atoms with Crippen molar-refractivity contribution in [2.45, 2.75) is 32.0 Å². The Bertz CT molecular complexity index is 476. The summed E-state index contributed by atoms with van der Waals surface area (Å²) >= 11 is 0. The average Bonchev–Trinajstić information content (AvgIpc) is 2.84. The summed E-state index contributed by atoms with van der Waals surface area (Å²) in [5.74, 6) is -1.56. The van der Waals surface area contributed by atoms with Crippen LogP contribution in [0, 0.1) is 11.6 Å². The molecule has 0 bridgehead atoms. The summed E-state index contributed by atoms with van der Waals surface area (Å²) in [4.78, 5) is 13.6. The molecule has 1 fully saturated rings. The minimum absolute atomic E-state index is 0.109. The van der Waals surface area contributed by atoms with Crippen molar-refractivity contribution in [2.75, 3.05) is 13.1 Å². The summed E-state index contributed by atoms with van der Waals surface area (Å²) < 4.78 is 27.2. The molecule has 6 heteroatoms. The van der Waals surface area contributed by atoms with Gasteiger partial charge in [-0.05, 0) is 25.5 Å². The number of nitrogens with zero attached hydrogens (tertiary/aromatic N) is 1. The topological polar surface area (TPSA) is 52.6 Å². The predicted octanol–water partition coefficient (Wildman–Crippen LogP) is 1.04. The van der Waals surface area contributed by atoms with Gasteiger partial charge in [0.15, 0.2) is 0 Å². The Kier molecular flexibility index (Phi) is 4.67. The second kappa shape index (κ2) is 6.28. The van der Waals surface area contributed by atoms with Crippen molar-refractivity contribution in [3.05, 3.63) is 35.4 Å². The molecular formula is C14H18F2N2O2. The van der Waals surface area contributed by atoms with Gasteiger partial charge in [-0.15, -0.1) is 0 Å². The van der Waals surface area contributed by atoms with Crippen molar-refractivity contribution < 1.29 is 18.7 Å². The number of aliphatic hydroxyl groups is 1. The third-order valence-electron chi connectivity index (χ3n) is 3.51. The number of carbonyl (C=O) groups excluding carboxylic acids is 1. The standard InChI is InChI=1S/C14H18F2N2O2/c1-2-18(14(20)13-6-9(19)7-17-13)8-10-11(15)4-3-5-12(10)16/h3-5,9,13,17,19H,2,6-8H2,1H3. The van der Waals surface area contributed by atoms with Crippen molar-refractivity contribution >= 4 is 5.91 Å². The number of likely N-dealkylation sites (N-methyl/N-ethyl adjacent to an activating group) is 1. The molecule has 1 aliphatic heterocycles. The molecule has 1 heterocycles. The molecule has 110 valence electrons. The summed E-state index contributed by atoms with van der Waals surface area (Å²) in [5.41, 5.74) is -0.110. The third kappa shape index (κ3) is 3.13. The van der Waals surface area contributed by atoms with Gasteiger partial charge in [0.2, 0.25) is 5.91 Å². The van der Waals surface area contributed by atoms with E-state index in [9.17, 15) is 18.7 Å². The van der Waals surface area contributed by atoms with Crippen LogP contribution in [0.1, 0.15) is 18.9 Å². The maximum atomic E-state index is 13.6. The fourth-order valence-corrected chi connectivity index (χ4v) is 2.35. The van der Waals surface area contributed by atoms with Gasteiger partial charge in [-0.2, -0.15) is 0 Å². The van der Waals surface area contributed by atoms with E-state index in [1.807, 2.05) is 0 Å². The minimum Gasteiger partial charge on any atom is -0.392 e. The van der Waals surface area contributed by atoms with E-state index < -0.39 is 23.8 Å². The van der Waals surface area contributed by atoms with Gasteiger partial charge in [0.1, 0.15) is 11.6 Å². The average molecular weight is 284 g/mol. The largest absolute Gasteiger partial charge is 0.392 e. The van der Waals surface area contributed by atoms with Crippen LogP contribution < -0.4 is 5.32 Å². The number of hydrogen-bond donors (Lipinski definition) is 2. The van der Waals surface area contributed by atoms with Gasteiger partial charge in [-0.1, -0.05) is 6.07 Å². The fourth-order valence-electron chi connectivity index (χ4n) is 2.35. The smallest absolute Gasteiger partial charge is 0.240 e. The van der Waals surface area contributed by atoms with E-state index in [2.05, 4.69) is 5.32 Å². The monoisotopic (exact) mass is 284 g/mol. The zero-order chi connectivity index (χ0) is 14.7. The quantitative estimate of drug-likeness (QED) is 0.868. The van der Waals surface area contributed by atoms with E-state index >= 15 is 0 Å². The number of nitrogens with one attached hydrogen (secondary N) is 1. The van der Waals surface area contributed by atoms with E-state index in [-0.39, 0.29) is 18.0 Å². The molecule has 0 aromatic heterocycles. The molecule has 2 unspecified atom stereocenters. The Morgan fingerprint density at radius 1 is 1.45 bits per heavy atom. The number of benzene rings is 1. The van der Waals surface area contributed by atoms with Crippen molar-refractivity contribution in [2.24, 2.45) is 0 Å². The second-order valence-electron chi connectivity index (χ2n) is 4.90. The van der Waals surface area contributed by atoms with Gasteiger partial charge in [0, 0.05) is 18.7 Å². The molecule has 2 N–H and O–H groups in total. The number of carbonyl (C=O) groups is 1. The van der Waals surface area contributed by atoms with Crippen LogP contribution in [0.4, 0.5) is 8.78 Å². The van der Waals surface area contributed by atoms with Gasteiger partial charge < -0.3 is 15.3 Å². The Morgan fingerprint density at radius 3 is 2.60 bits per heavy atom. The van der Waals surface area contributed by atoms with Crippen molar-refractivity contribution in [3.8, 4) is 0 Å². The van der Waals surface area contributed by atoms with Gasteiger partial charge in [-0.3, -0.25) is 4.79 Å². The Morgan fingerprint density at radius 2 is 2.10 bits per heavy atom. The molecule has 0 radical (unpaired) electrons. The van der Waals surface area contributed by atoms with Crippen molar-refractivity contribution in [1.29, 1.82) is 0 Å². The first-order valence-electron chi connectivity index (χ1n) is 6.66. The summed E-state index contributed by atoms with van der Waals surface area (Å²) in [6, 6.07) is 3.16. The van der Waals surface area contributed by atoms with Crippen molar-refractivity contribution in [1.82, 2.24) is 10.2 Å². The van der Waals surface area contributed by atoms with Gasteiger partial charge in [0.05, 0.1) is 18.7 Å². The summed E-state index contributed by atoms with van der Waals surface area (Å²) in [6.07, 6.45) is -0.220. The normalized spacial score (nSPS) is 22.0. The van der Waals surface area contributed by atoms with E-state index in [0.29, 0.717) is 19.5 Å². The van der Waals surface area contributed by atoms with E-state index in [1.54, 1.807) is 6.92 Å². The van der Waals surface area contributed by atoms with Crippen LogP contribution in [0.2, 0.25) is 0 Å². The van der Waals surface area contributed by atoms with E-state index in [0.717, 1.165) is 0 Å². The zero-order valence-corrected chi connectivity index (χ0v) is 11.3. The highest BCUT2D eigenvalue weighted by molar-refractivity contribution is 5.82. The Hall–Kier alpha value is -1.53. The lowest BCUT2D eigenvalue weighted by atomic mass is 10.1. The van der Waals surface area contributed by atoms with Crippen LogP contribution in [-0.4, -0.2) is 41.1 Å². The van der Waals surface area contributed by atoms with Crippen LogP contribution in [0.5, 0.6) is 0 Å².